The standard InChI is InChI=1S/2C27H21F6.C12H7Si.2ClH.Zr/c2*1-25(2,3)19-11-17-9-10-22(16-7-5-4-6-8-16)24(23(17)15-19)18-12-20(26(28,29)30)14-21(13-18)27(31,32)33;1-3-7-11-9(5-1)10-6-2-4-8-12(10)13-11;;;/h2*4-15H,1-3H3;1-7H;2*1H;/q3*-1;;;+2/p-2. The number of hydrogen-bond acceptors (Lipinski definition) is 0. The molecule has 0 amide bonds. The molecule has 11 rings (SSSR count). The van der Waals surface area contributed by atoms with E-state index in [9.17, 15) is 52.7 Å². The van der Waals surface area contributed by atoms with Crippen molar-refractivity contribution in [2.75, 3.05) is 0 Å². The second-order valence-electron chi connectivity index (χ2n) is 21.5. The molecule has 10 aromatic rings. The summed E-state index contributed by atoms with van der Waals surface area (Å²) in [6.07, 6.45) is -19.7. The van der Waals surface area contributed by atoms with E-state index in [0.717, 1.165) is 55.7 Å². The fraction of sp³-hybridized carbons (Fsp3) is 0.182. The minimum atomic E-state index is -4.92. The number of rotatable bonds is 4. The molecule has 16 heteroatoms. The number of alkyl halides is 12. The maximum atomic E-state index is 13.6. The summed E-state index contributed by atoms with van der Waals surface area (Å²) in [5, 5.41) is 5.59. The molecule has 0 bridgehead atoms. The molecular formula is C66H49Cl2F12SiZr-3. The van der Waals surface area contributed by atoms with Gasteiger partial charge in [-0.25, -0.2) is 0 Å². The van der Waals surface area contributed by atoms with E-state index in [0.29, 0.717) is 44.2 Å². The van der Waals surface area contributed by atoms with Crippen LogP contribution in [0.5, 0.6) is 0 Å². The molecule has 0 aliphatic carbocycles. The first kappa shape index (κ1) is 61.9. The molecule has 0 nitrogen and oxygen atoms in total. The molecule has 2 radical (unpaired) electrons. The van der Waals surface area contributed by atoms with E-state index in [4.69, 9.17) is 17.0 Å². The van der Waals surface area contributed by atoms with Crippen LogP contribution < -0.4 is 10.4 Å². The Balaban J connectivity index is 0.000000169. The largest absolute Gasteiger partial charge is 0.184 e. The van der Waals surface area contributed by atoms with E-state index in [1.807, 2.05) is 84.0 Å². The molecule has 0 atom stereocenters. The van der Waals surface area contributed by atoms with Crippen molar-refractivity contribution < 1.29 is 73.5 Å². The van der Waals surface area contributed by atoms with E-state index in [-0.39, 0.29) is 34.1 Å². The van der Waals surface area contributed by atoms with Gasteiger partial charge in [0.15, 0.2) is 0 Å². The van der Waals surface area contributed by atoms with Crippen LogP contribution in [0.2, 0.25) is 0 Å². The second-order valence-corrected chi connectivity index (χ2v) is 26.5. The van der Waals surface area contributed by atoms with Gasteiger partial charge in [-0.2, -0.15) is 94.3 Å². The molecule has 1 aliphatic heterocycles. The van der Waals surface area contributed by atoms with Crippen molar-refractivity contribution in [3.63, 3.8) is 0 Å². The molecule has 422 valence electrons. The molecule has 0 fully saturated rings. The summed E-state index contributed by atoms with van der Waals surface area (Å²) in [6.45, 7) is 12.0. The minimum Gasteiger partial charge on any atom is -0.184 e. The summed E-state index contributed by atoms with van der Waals surface area (Å²) in [7, 11) is 10.7. The van der Waals surface area contributed by atoms with Crippen LogP contribution in [0.4, 0.5) is 52.7 Å². The summed E-state index contributed by atoms with van der Waals surface area (Å²) < 4.78 is 163. The van der Waals surface area contributed by atoms with E-state index in [2.05, 4.69) is 42.5 Å². The van der Waals surface area contributed by atoms with Crippen molar-refractivity contribution >= 4 is 58.5 Å². The predicted molar refractivity (Wildman–Crippen MR) is 306 cm³/mol. The maximum absolute atomic E-state index is 13.6. The Morgan fingerprint density at radius 1 is 0.390 bits per heavy atom. The van der Waals surface area contributed by atoms with Gasteiger partial charge in [0, 0.05) is 0 Å². The predicted octanol–water partition coefficient (Wildman–Crippen LogP) is 21.0. The summed E-state index contributed by atoms with van der Waals surface area (Å²) in [6, 6.07) is 54.4. The van der Waals surface area contributed by atoms with Crippen molar-refractivity contribution in [3.8, 4) is 55.6 Å². The van der Waals surface area contributed by atoms with Crippen molar-refractivity contribution in [1.82, 2.24) is 0 Å². The molecule has 1 heterocycles. The van der Waals surface area contributed by atoms with Gasteiger partial charge in [-0.1, -0.05) is 160 Å². The number of halogens is 14. The van der Waals surface area contributed by atoms with Crippen LogP contribution in [0.3, 0.4) is 0 Å². The Morgan fingerprint density at radius 2 is 0.744 bits per heavy atom. The van der Waals surface area contributed by atoms with Gasteiger partial charge in [0.2, 0.25) is 0 Å². The average molecular weight is 1260 g/mol. The van der Waals surface area contributed by atoms with Crippen molar-refractivity contribution in [3.05, 3.63) is 228 Å². The molecule has 0 aromatic heterocycles. The monoisotopic (exact) mass is 1260 g/mol. The number of benzene rings is 8. The summed E-state index contributed by atoms with van der Waals surface area (Å²) >= 11 is -0.826. The zero-order valence-corrected chi connectivity index (χ0v) is 49.7. The van der Waals surface area contributed by atoms with Crippen LogP contribution in [0.1, 0.15) is 74.9 Å². The van der Waals surface area contributed by atoms with Crippen LogP contribution in [0.25, 0.3) is 77.2 Å². The quantitative estimate of drug-likeness (QED) is 0.0936. The van der Waals surface area contributed by atoms with E-state index >= 15 is 0 Å². The Hall–Kier alpha value is -6.18. The molecule has 0 unspecified atom stereocenters. The smallest absolute Gasteiger partial charge is 0.0920 e. The van der Waals surface area contributed by atoms with E-state index in [1.165, 1.54) is 21.5 Å². The van der Waals surface area contributed by atoms with Gasteiger partial charge in [-0.3, -0.25) is 0 Å². The first-order chi connectivity index (χ1) is 38.4. The Kier molecular flexibility index (Phi) is 18.3. The van der Waals surface area contributed by atoms with Gasteiger partial charge in [0.1, 0.15) is 0 Å². The van der Waals surface area contributed by atoms with Gasteiger partial charge in [-0.05, 0) is 80.6 Å². The molecule has 0 saturated carbocycles. The Labute approximate surface area is 489 Å². The normalized spacial score (nSPS) is 12.6. The SMILES string of the molecule is CC(C)(C)c1cc2c(-c3cc(C(F)(F)F)cc(C(F)(F)F)c3)c(-c3ccccc3)ccc2[cH-]1.CC(C)(C)c1cc2c(-c3cc(C(F)(F)F)cc(C(F)(F)F)c3)c(-c3ccccc3)ccc2[cH-]1.[Cl][Zr][Cl].[c-]1cccc2c1[Si]c1ccccc1-2. The molecular weight excluding hydrogens is 1210 g/mol. The zero-order valence-electron chi connectivity index (χ0n) is 44.7. The number of hydrogen-bond donors (Lipinski definition) is 0. The molecule has 0 N–H and O–H groups in total. The Morgan fingerprint density at radius 3 is 1.11 bits per heavy atom. The fourth-order valence-corrected chi connectivity index (χ4v) is 11.0. The summed E-state index contributed by atoms with van der Waals surface area (Å²) in [5.74, 6) is 0. The van der Waals surface area contributed by atoms with E-state index in [1.54, 1.807) is 72.8 Å². The van der Waals surface area contributed by atoms with Gasteiger partial charge in [-0.15, -0.1) is 62.5 Å². The van der Waals surface area contributed by atoms with Crippen LogP contribution in [0, 0.1) is 6.07 Å². The van der Waals surface area contributed by atoms with Gasteiger partial charge < -0.3 is 0 Å². The fourth-order valence-electron chi connectivity index (χ4n) is 9.69. The third-order valence-electron chi connectivity index (χ3n) is 13.8. The third kappa shape index (κ3) is 14.2. The molecule has 0 spiro atoms. The van der Waals surface area contributed by atoms with E-state index < -0.39 is 67.8 Å². The van der Waals surface area contributed by atoms with Crippen LogP contribution in [-0.2, 0) is 56.4 Å². The van der Waals surface area contributed by atoms with Crippen LogP contribution in [0.15, 0.2) is 188 Å². The molecule has 0 saturated heterocycles. The first-order valence-electron chi connectivity index (χ1n) is 25.4. The van der Waals surface area contributed by atoms with Crippen molar-refractivity contribution in [1.29, 1.82) is 0 Å². The Bertz CT molecular complexity index is 3540. The second kappa shape index (κ2) is 24.2. The van der Waals surface area contributed by atoms with Gasteiger partial charge in [0.25, 0.3) is 0 Å². The first-order valence-corrected chi connectivity index (χ1v) is 32.7. The van der Waals surface area contributed by atoms with Crippen molar-refractivity contribution in [2.24, 2.45) is 0 Å². The van der Waals surface area contributed by atoms with Gasteiger partial charge >= 0.3 is 62.6 Å². The summed E-state index contributed by atoms with van der Waals surface area (Å²) in [4.78, 5) is 0. The summed E-state index contributed by atoms with van der Waals surface area (Å²) in [5.41, 5.74) is 1.90. The molecule has 10 aromatic carbocycles. The topological polar surface area (TPSA) is 0 Å². The third-order valence-corrected chi connectivity index (χ3v) is 15.1. The van der Waals surface area contributed by atoms with Crippen LogP contribution >= 0.6 is 17.0 Å². The molecule has 82 heavy (non-hydrogen) atoms. The zero-order chi connectivity index (χ0) is 59.7. The molecule has 1 aliphatic rings. The minimum absolute atomic E-state index is 0.118. The van der Waals surface area contributed by atoms with Gasteiger partial charge in [0.05, 0.1) is 31.8 Å². The number of fused-ring (bicyclic) bond motifs is 5. The van der Waals surface area contributed by atoms with Crippen LogP contribution in [-0.4, -0.2) is 9.52 Å². The maximum Gasteiger partial charge on any atom is 0.0920 e. The average Bonchev–Trinajstić information content (AvgIpc) is 2.87. The van der Waals surface area contributed by atoms with Crippen molar-refractivity contribution in [2.45, 2.75) is 77.1 Å².